The monoisotopic (exact) mass is 278 g/mol. The van der Waals surface area contributed by atoms with Gasteiger partial charge in [-0.25, -0.2) is 0 Å². The largest absolute Gasteiger partial charge is 0.325 e. The summed E-state index contributed by atoms with van der Waals surface area (Å²) in [4.78, 5) is 14.7. The van der Waals surface area contributed by atoms with Crippen LogP contribution in [-0.2, 0) is 4.79 Å². The first kappa shape index (κ1) is 14.4. The Morgan fingerprint density at radius 2 is 1.70 bits per heavy atom. The van der Waals surface area contributed by atoms with E-state index in [2.05, 4.69) is 17.1 Å². The summed E-state index contributed by atoms with van der Waals surface area (Å²) in [5.74, 6) is 2.56. The van der Waals surface area contributed by atoms with Crippen LogP contribution >= 0.6 is 0 Å². The molecule has 3 rings (SSSR count). The molecule has 2 aliphatic carbocycles. The molecule has 0 bridgehead atoms. The van der Waals surface area contributed by atoms with Gasteiger partial charge < -0.3 is 4.90 Å². The molecule has 1 saturated heterocycles. The van der Waals surface area contributed by atoms with E-state index in [1.807, 2.05) is 6.92 Å². The average molecular weight is 278 g/mol. The molecule has 1 aliphatic heterocycles. The van der Waals surface area contributed by atoms with Crippen molar-refractivity contribution in [3.8, 4) is 0 Å². The zero-order valence-electron chi connectivity index (χ0n) is 13.1. The molecule has 0 aromatic carbocycles. The topological polar surface area (TPSA) is 32.3 Å². The van der Waals surface area contributed by atoms with Crippen molar-refractivity contribution in [2.45, 2.75) is 77.4 Å². The first-order chi connectivity index (χ1) is 9.66. The van der Waals surface area contributed by atoms with E-state index in [1.165, 1.54) is 51.4 Å². The lowest BCUT2D eigenvalue weighted by atomic mass is 9.80. The van der Waals surface area contributed by atoms with Gasteiger partial charge in [0.05, 0.1) is 12.2 Å². The molecule has 1 heterocycles. The van der Waals surface area contributed by atoms with Crippen LogP contribution in [0.15, 0.2) is 0 Å². The highest BCUT2D eigenvalue weighted by molar-refractivity contribution is 5.84. The van der Waals surface area contributed by atoms with Crippen LogP contribution in [0.2, 0.25) is 0 Å². The van der Waals surface area contributed by atoms with E-state index in [4.69, 9.17) is 0 Å². The van der Waals surface area contributed by atoms with E-state index < -0.39 is 0 Å². The smallest absolute Gasteiger partial charge is 0.240 e. The third-order valence-corrected chi connectivity index (χ3v) is 5.98. The number of nitrogens with one attached hydrogen (secondary N) is 1. The molecular formula is C17H30N2O. The summed E-state index contributed by atoms with van der Waals surface area (Å²) in [6.07, 6.45) is 11.0. The molecule has 1 N–H and O–H groups in total. The number of amides is 1. The summed E-state index contributed by atoms with van der Waals surface area (Å²) in [6, 6.07) is 0.0273. The van der Waals surface area contributed by atoms with Gasteiger partial charge >= 0.3 is 0 Å². The molecule has 0 radical (unpaired) electrons. The van der Waals surface area contributed by atoms with Crippen LogP contribution in [0, 0.1) is 17.8 Å². The number of carbonyl (C=O) groups is 1. The van der Waals surface area contributed by atoms with Crippen molar-refractivity contribution in [3.05, 3.63) is 0 Å². The van der Waals surface area contributed by atoms with Gasteiger partial charge in [-0.2, -0.15) is 0 Å². The predicted octanol–water partition coefficient (Wildman–Crippen LogP) is 3.15. The quantitative estimate of drug-likeness (QED) is 0.860. The fraction of sp³-hybridized carbons (Fsp3) is 0.941. The van der Waals surface area contributed by atoms with Crippen molar-refractivity contribution in [1.82, 2.24) is 10.2 Å². The van der Waals surface area contributed by atoms with Crippen LogP contribution in [0.25, 0.3) is 0 Å². The molecule has 1 amide bonds. The minimum Gasteiger partial charge on any atom is -0.325 e. The average Bonchev–Trinajstić information content (AvgIpc) is 3.05. The van der Waals surface area contributed by atoms with Gasteiger partial charge in [-0.1, -0.05) is 39.0 Å². The third kappa shape index (κ3) is 2.74. The summed E-state index contributed by atoms with van der Waals surface area (Å²) in [6.45, 7) is 5.42. The van der Waals surface area contributed by atoms with Crippen molar-refractivity contribution in [3.63, 3.8) is 0 Å². The standard InChI is InChI=1S/C17H30N2O/c1-12-7-3-4-10-15(12)11-19-16(14-8-5-6-9-14)18-13(2)17(19)20/h12-16,18H,3-11H2,1-2H3. The molecule has 3 nitrogen and oxygen atoms in total. The van der Waals surface area contributed by atoms with Gasteiger partial charge in [0.25, 0.3) is 0 Å². The zero-order chi connectivity index (χ0) is 14.1. The lowest BCUT2D eigenvalue weighted by Crippen LogP contribution is -2.45. The molecule has 0 spiro atoms. The zero-order valence-corrected chi connectivity index (χ0v) is 13.1. The van der Waals surface area contributed by atoms with E-state index in [0.29, 0.717) is 18.0 Å². The van der Waals surface area contributed by atoms with E-state index in [1.54, 1.807) is 0 Å². The molecule has 4 atom stereocenters. The minimum atomic E-state index is 0.0273. The normalized spacial score (nSPS) is 39.7. The third-order valence-electron chi connectivity index (χ3n) is 5.98. The highest BCUT2D eigenvalue weighted by Gasteiger charge is 2.42. The molecule has 20 heavy (non-hydrogen) atoms. The van der Waals surface area contributed by atoms with Gasteiger partial charge in [-0.05, 0) is 43.9 Å². The van der Waals surface area contributed by atoms with Crippen LogP contribution in [0.3, 0.4) is 0 Å². The first-order valence-electron chi connectivity index (χ1n) is 8.73. The van der Waals surface area contributed by atoms with Crippen LogP contribution in [-0.4, -0.2) is 29.6 Å². The van der Waals surface area contributed by atoms with Crippen molar-refractivity contribution in [1.29, 1.82) is 0 Å². The van der Waals surface area contributed by atoms with Crippen molar-refractivity contribution < 1.29 is 4.79 Å². The second-order valence-electron chi connectivity index (χ2n) is 7.39. The van der Waals surface area contributed by atoms with Gasteiger partial charge in [0, 0.05) is 6.54 Å². The maximum Gasteiger partial charge on any atom is 0.240 e. The predicted molar refractivity (Wildman–Crippen MR) is 81.2 cm³/mol. The minimum absolute atomic E-state index is 0.0273. The Labute approximate surface area is 123 Å². The van der Waals surface area contributed by atoms with Gasteiger partial charge in [0.2, 0.25) is 5.91 Å². The highest BCUT2D eigenvalue weighted by Crippen LogP contribution is 2.35. The van der Waals surface area contributed by atoms with Gasteiger partial charge in [0.15, 0.2) is 0 Å². The Kier molecular flexibility index (Phi) is 4.34. The van der Waals surface area contributed by atoms with E-state index >= 15 is 0 Å². The maximum atomic E-state index is 12.5. The van der Waals surface area contributed by atoms with Gasteiger partial charge in [0.1, 0.15) is 0 Å². The second kappa shape index (κ2) is 6.05. The Hall–Kier alpha value is -0.570. The van der Waals surface area contributed by atoms with Gasteiger partial charge in [-0.3, -0.25) is 10.1 Å². The summed E-state index contributed by atoms with van der Waals surface area (Å²) in [5.41, 5.74) is 0. The number of carbonyl (C=O) groups excluding carboxylic acids is 1. The summed E-state index contributed by atoms with van der Waals surface area (Å²) < 4.78 is 0. The SMILES string of the molecule is CC1NC(C2CCCC2)N(CC2CCCCC2C)C1=O. The summed E-state index contributed by atoms with van der Waals surface area (Å²) >= 11 is 0. The van der Waals surface area contributed by atoms with Crippen LogP contribution in [0.1, 0.15) is 65.2 Å². The van der Waals surface area contributed by atoms with Gasteiger partial charge in [-0.15, -0.1) is 0 Å². The number of rotatable bonds is 3. The molecule has 3 fully saturated rings. The van der Waals surface area contributed by atoms with E-state index in [9.17, 15) is 4.79 Å². The van der Waals surface area contributed by atoms with Crippen LogP contribution < -0.4 is 5.32 Å². The number of hydrogen-bond donors (Lipinski definition) is 1. The Morgan fingerprint density at radius 1 is 1.05 bits per heavy atom. The first-order valence-corrected chi connectivity index (χ1v) is 8.73. The Balaban J connectivity index is 1.68. The lowest BCUT2D eigenvalue weighted by Gasteiger charge is -2.36. The molecule has 3 aliphatic rings. The summed E-state index contributed by atoms with van der Waals surface area (Å²) in [5, 5.41) is 3.58. The Bertz CT molecular complexity index is 351. The molecule has 2 saturated carbocycles. The van der Waals surface area contributed by atoms with Crippen molar-refractivity contribution in [2.75, 3.05) is 6.54 Å². The lowest BCUT2D eigenvalue weighted by molar-refractivity contribution is -0.131. The number of nitrogens with zero attached hydrogens (tertiary/aromatic N) is 1. The molecule has 3 heteroatoms. The summed E-state index contributed by atoms with van der Waals surface area (Å²) in [7, 11) is 0. The van der Waals surface area contributed by atoms with Crippen LogP contribution in [0.5, 0.6) is 0 Å². The molecule has 0 aromatic heterocycles. The Morgan fingerprint density at radius 3 is 2.40 bits per heavy atom. The van der Waals surface area contributed by atoms with E-state index in [0.717, 1.165) is 18.4 Å². The molecule has 4 unspecified atom stereocenters. The fourth-order valence-corrected chi connectivity index (χ4v) is 4.59. The maximum absolute atomic E-state index is 12.5. The van der Waals surface area contributed by atoms with E-state index in [-0.39, 0.29) is 6.04 Å². The van der Waals surface area contributed by atoms with Crippen LogP contribution in [0.4, 0.5) is 0 Å². The molecule has 114 valence electrons. The molecule has 0 aromatic rings. The van der Waals surface area contributed by atoms with Crippen molar-refractivity contribution >= 4 is 5.91 Å². The second-order valence-corrected chi connectivity index (χ2v) is 7.39. The fourth-order valence-electron chi connectivity index (χ4n) is 4.59. The highest BCUT2D eigenvalue weighted by atomic mass is 16.2. The van der Waals surface area contributed by atoms with Crippen molar-refractivity contribution in [2.24, 2.45) is 17.8 Å². The number of hydrogen-bond acceptors (Lipinski definition) is 2. The molecular weight excluding hydrogens is 248 g/mol.